The highest BCUT2D eigenvalue weighted by molar-refractivity contribution is 5.86. The molecule has 0 aromatic carbocycles. The van der Waals surface area contributed by atoms with Crippen molar-refractivity contribution in [2.45, 2.75) is 32.4 Å². The van der Waals surface area contributed by atoms with Crippen molar-refractivity contribution in [1.82, 2.24) is 4.90 Å². The fourth-order valence-corrected chi connectivity index (χ4v) is 0.793. The van der Waals surface area contributed by atoms with Crippen LogP contribution in [-0.2, 0) is 9.59 Å². The summed E-state index contributed by atoms with van der Waals surface area (Å²) >= 11 is 0. The third-order valence-electron chi connectivity index (χ3n) is 2.04. The van der Waals surface area contributed by atoms with E-state index in [9.17, 15) is 9.59 Å². The van der Waals surface area contributed by atoms with Gasteiger partial charge in [0.2, 0.25) is 5.91 Å². The first-order valence-electron chi connectivity index (χ1n) is 4.16. The monoisotopic (exact) mass is 188 g/mol. The zero-order valence-corrected chi connectivity index (χ0v) is 8.15. The van der Waals surface area contributed by atoms with Gasteiger partial charge in [-0.15, -0.1) is 0 Å². The summed E-state index contributed by atoms with van der Waals surface area (Å²) in [7, 11) is 1.44. The van der Waals surface area contributed by atoms with Crippen LogP contribution in [-0.4, -0.2) is 41.0 Å². The maximum Gasteiger partial charge on any atom is 0.326 e. The highest BCUT2D eigenvalue weighted by Gasteiger charge is 2.24. The molecular formula is C8H16N2O3. The van der Waals surface area contributed by atoms with E-state index in [1.807, 2.05) is 0 Å². The number of aliphatic carboxylic acids is 1. The largest absolute Gasteiger partial charge is 0.480 e. The molecule has 76 valence electrons. The van der Waals surface area contributed by atoms with Crippen molar-refractivity contribution in [3.63, 3.8) is 0 Å². The van der Waals surface area contributed by atoms with Gasteiger partial charge in [0.1, 0.15) is 6.04 Å². The molecule has 0 radical (unpaired) electrons. The van der Waals surface area contributed by atoms with Gasteiger partial charge >= 0.3 is 5.97 Å². The summed E-state index contributed by atoms with van der Waals surface area (Å²) in [5, 5.41) is 8.62. The maximum absolute atomic E-state index is 11.4. The van der Waals surface area contributed by atoms with Crippen LogP contribution in [0, 0.1) is 0 Å². The van der Waals surface area contributed by atoms with Gasteiger partial charge in [-0.3, -0.25) is 4.79 Å². The Bertz CT molecular complexity index is 206. The van der Waals surface area contributed by atoms with E-state index < -0.39 is 18.1 Å². The quantitative estimate of drug-likeness (QED) is 0.632. The lowest BCUT2D eigenvalue weighted by Crippen LogP contribution is -2.47. The zero-order chi connectivity index (χ0) is 10.6. The molecule has 3 N–H and O–H groups in total. The first kappa shape index (κ1) is 11.9. The molecule has 2 atom stereocenters. The minimum atomic E-state index is -1.03. The fourth-order valence-electron chi connectivity index (χ4n) is 0.793. The molecule has 0 aromatic rings. The van der Waals surface area contributed by atoms with Crippen LogP contribution >= 0.6 is 0 Å². The number of hydrogen-bond acceptors (Lipinski definition) is 3. The van der Waals surface area contributed by atoms with E-state index in [1.54, 1.807) is 6.92 Å². The minimum Gasteiger partial charge on any atom is -0.480 e. The van der Waals surface area contributed by atoms with Crippen LogP contribution in [0.15, 0.2) is 0 Å². The second kappa shape index (κ2) is 4.81. The van der Waals surface area contributed by atoms with Crippen LogP contribution in [0.3, 0.4) is 0 Å². The zero-order valence-electron chi connectivity index (χ0n) is 8.15. The number of carbonyl (C=O) groups excluding carboxylic acids is 1. The molecule has 0 aliphatic heterocycles. The summed E-state index contributed by atoms with van der Waals surface area (Å²) in [5.74, 6) is -1.36. The van der Waals surface area contributed by atoms with Gasteiger partial charge in [0.25, 0.3) is 0 Å². The highest BCUT2D eigenvalue weighted by atomic mass is 16.4. The molecule has 0 saturated heterocycles. The molecule has 0 fully saturated rings. The summed E-state index contributed by atoms with van der Waals surface area (Å²) in [5.41, 5.74) is 5.47. The number of hydrogen-bond donors (Lipinski definition) is 2. The van der Waals surface area contributed by atoms with Crippen molar-refractivity contribution >= 4 is 11.9 Å². The van der Waals surface area contributed by atoms with Crippen LogP contribution in [0.2, 0.25) is 0 Å². The maximum atomic E-state index is 11.4. The Balaban J connectivity index is 4.33. The van der Waals surface area contributed by atoms with E-state index in [0.29, 0.717) is 6.42 Å². The number of rotatable bonds is 4. The fraction of sp³-hybridized carbons (Fsp3) is 0.750. The molecule has 5 heteroatoms. The van der Waals surface area contributed by atoms with Crippen LogP contribution < -0.4 is 5.73 Å². The van der Waals surface area contributed by atoms with E-state index in [0.717, 1.165) is 4.90 Å². The molecule has 0 aliphatic carbocycles. The van der Waals surface area contributed by atoms with Crippen LogP contribution in [0.25, 0.3) is 0 Å². The number of nitrogens with zero attached hydrogens (tertiary/aromatic N) is 1. The Morgan fingerprint density at radius 2 is 2.00 bits per heavy atom. The lowest BCUT2D eigenvalue weighted by atomic mass is 10.2. The normalized spacial score (nSPS) is 14.8. The number of carboxylic acid groups (broad SMARTS) is 1. The van der Waals surface area contributed by atoms with E-state index in [2.05, 4.69) is 0 Å². The summed E-state index contributed by atoms with van der Waals surface area (Å²) in [4.78, 5) is 23.0. The van der Waals surface area contributed by atoms with Gasteiger partial charge in [-0.05, 0) is 13.3 Å². The third kappa shape index (κ3) is 3.02. The Kier molecular flexibility index (Phi) is 4.40. The molecule has 0 spiro atoms. The highest BCUT2D eigenvalue weighted by Crippen LogP contribution is 2.00. The first-order chi connectivity index (χ1) is 5.91. The van der Waals surface area contributed by atoms with Gasteiger partial charge in [-0.25, -0.2) is 4.79 Å². The van der Waals surface area contributed by atoms with Crippen molar-refractivity contribution < 1.29 is 14.7 Å². The Hall–Kier alpha value is -1.10. The molecule has 0 aromatic heterocycles. The Morgan fingerprint density at radius 1 is 1.54 bits per heavy atom. The molecule has 2 unspecified atom stereocenters. The van der Waals surface area contributed by atoms with E-state index in [1.165, 1.54) is 14.0 Å². The molecule has 13 heavy (non-hydrogen) atoms. The summed E-state index contributed by atoms with van der Waals surface area (Å²) in [6.07, 6.45) is 0.509. The van der Waals surface area contributed by atoms with Gasteiger partial charge in [-0.1, -0.05) is 6.92 Å². The van der Waals surface area contributed by atoms with Crippen molar-refractivity contribution in [3.05, 3.63) is 0 Å². The van der Waals surface area contributed by atoms with E-state index in [4.69, 9.17) is 10.8 Å². The first-order valence-corrected chi connectivity index (χ1v) is 4.16. The Labute approximate surface area is 77.5 Å². The number of amides is 1. The SMILES string of the molecule is CCC(N)C(=O)N(C)C(C)C(=O)O. The molecular weight excluding hydrogens is 172 g/mol. The van der Waals surface area contributed by atoms with Gasteiger partial charge in [0.15, 0.2) is 0 Å². The smallest absolute Gasteiger partial charge is 0.326 e. The van der Waals surface area contributed by atoms with E-state index in [-0.39, 0.29) is 5.91 Å². The molecule has 0 saturated carbocycles. The average Bonchev–Trinajstić information content (AvgIpc) is 2.12. The summed E-state index contributed by atoms with van der Waals surface area (Å²) in [6, 6.07) is -1.43. The van der Waals surface area contributed by atoms with Gasteiger partial charge < -0.3 is 15.7 Å². The molecule has 5 nitrogen and oxygen atoms in total. The number of likely N-dealkylation sites (N-methyl/N-ethyl adjacent to an activating group) is 1. The third-order valence-corrected chi connectivity index (χ3v) is 2.04. The van der Waals surface area contributed by atoms with Crippen molar-refractivity contribution in [2.75, 3.05) is 7.05 Å². The molecule has 0 heterocycles. The van der Waals surface area contributed by atoms with Crippen molar-refractivity contribution in [1.29, 1.82) is 0 Å². The van der Waals surface area contributed by atoms with Gasteiger partial charge in [0.05, 0.1) is 6.04 Å². The molecule has 0 rings (SSSR count). The predicted octanol–water partition coefficient (Wildman–Crippen LogP) is -0.345. The summed E-state index contributed by atoms with van der Waals surface area (Å²) in [6.45, 7) is 3.23. The lowest BCUT2D eigenvalue weighted by molar-refractivity contribution is -0.148. The Morgan fingerprint density at radius 3 is 2.31 bits per heavy atom. The number of carbonyl (C=O) groups is 2. The minimum absolute atomic E-state index is 0.336. The molecule has 0 bridgehead atoms. The second-order valence-corrected chi connectivity index (χ2v) is 2.98. The predicted molar refractivity (Wildman–Crippen MR) is 48.1 cm³/mol. The van der Waals surface area contributed by atoms with E-state index >= 15 is 0 Å². The second-order valence-electron chi connectivity index (χ2n) is 2.98. The van der Waals surface area contributed by atoms with Crippen molar-refractivity contribution in [2.24, 2.45) is 5.73 Å². The topological polar surface area (TPSA) is 83.6 Å². The molecule has 0 aliphatic rings. The number of carboxylic acids is 1. The van der Waals surface area contributed by atoms with Crippen molar-refractivity contribution in [3.8, 4) is 0 Å². The van der Waals surface area contributed by atoms with Crippen LogP contribution in [0.4, 0.5) is 0 Å². The van der Waals surface area contributed by atoms with Crippen LogP contribution in [0.5, 0.6) is 0 Å². The van der Waals surface area contributed by atoms with Gasteiger partial charge in [0, 0.05) is 7.05 Å². The standard InChI is InChI=1S/C8H16N2O3/c1-4-6(9)7(11)10(3)5(2)8(12)13/h5-6H,4,9H2,1-3H3,(H,12,13). The molecule has 1 amide bonds. The lowest BCUT2D eigenvalue weighted by Gasteiger charge is -2.24. The average molecular weight is 188 g/mol. The number of nitrogens with two attached hydrogens (primary N) is 1. The summed E-state index contributed by atoms with van der Waals surface area (Å²) < 4.78 is 0. The van der Waals surface area contributed by atoms with Crippen LogP contribution in [0.1, 0.15) is 20.3 Å². The van der Waals surface area contributed by atoms with Gasteiger partial charge in [-0.2, -0.15) is 0 Å².